The van der Waals surface area contributed by atoms with Crippen LogP contribution in [0.3, 0.4) is 0 Å². The van der Waals surface area contributed by atoms with E-state index < -0.39 is 23.5 Å². The number of halogens is 1. The van der Waals surface area contributed by atoms with Crippen molar-refractivity contribution in [3.8, 4) is 5.75 Å². The minimum Gasteiger partial charge on any atom is -0.507 e. The summed E-state index contributed by atoms with van der Waals surface area (Å²) in [6, 6.07) is 18.5. The number of ketones is 1. The number of para-hydroxylation sites is 1. The minimum atomic E-state index is -1.12. The summed E-state index contributed by atoms with van der Waals surface area (Å²) in [5.74, 6) is -2.00. The molecule has 174 valence electrons. The standard InChI is InChI=1S/C28H26FNO4/c1-28(2,3)20-16-17(14-15-22(20)34-4)25(31)23-24(19-12-8-9-13-21(19)29)30(27(33)26(23)32)18-10-6-5-7-11-18/h5-16,24,31H,1-4H3/b25-23+. The maximum atomic E-state index is 15.0. The third-order valence-electron chi connectivity index (χ3n) is 5.96. The number of anilines is 1. The summed E-state index contributed by atoms with van der Waals surface area (Å²) in [4.78, 5) is 27.6. The molecule has 1 atom stereocenters. The van der Waals surface area contributed by atoms with E-state index in [1.807, 2.05) is 20.8 Å². The van der Waals surface area contributed by atoms with Crippen LogP contribution in [0.1, 0.15) is 43.5 Å². The van der Waals surface area contributed by atoms with E-state index in [1.165, 1.54) is 23.1 Å². The molecule has 0 bridgehead atoms. The van der Waals surface area contributed by atoms with Crippen LogP contribution in [0.4, 0.5) is 10.1 Å². The highest BCUT2D eigenvalue weighted by Crippen LogP contribution is 2.43. The zero-order valence-corrected chi connectivity index (χ0v) is 19.5. The molecule has 3 aromatic carbocycles. The first-order chi connectivity index (χ1) is 16.1. The van der Waals surface area contributed by atoms with E-state index >= 15 is 0 Å². The number of hydrogen-bond donors (Lipinski definition) is 1. The quantitative estimate of drug-likeness (QED) is 0.306. The molecule has 5 nitrogen and oxygen atoms in total. The lowest BCUT2D eigenvalue weighted by molar-refractivity contribution is -0.132. The van der Waals surface area contributed by atoms with Crippen molar-refractivity contribution in [3.05, 3.63) is 101 Å². The third kappa shape index (κ3) is 3.96. The zero-order valence-electron chi connectivity index (χ0n) is 19.5. The van der Waals surface area contributed by atoms with Gasteiger partial charge in [-0.1, -0.05) is 57.2 Å². The molecule has 0 aliphatic carbocycles. The monoisotopic (exact) mass is 459 g/mol. The smallest absolute Gasteiger partial charge is 0.300 e. The van der Waals surface area contributed by atoms with Gasteiger partial charge in [0.1, 0.15) is 17.3 Å². The molecule has 0 radical (unpaired) electrons. The number of ether oxygens (including phenoxy) is 1. The van der Waals surface area contributed by atoms with Crippen molar-refractivity contribution < 1.29 is 23.8 Å². The van der Waals surface area contributed by atoms with Gasteiger partial charge in [-0.25, -0.2) is 4.39 Å². The molecule has 1 amide bonds. The van der Waals surface area contributed by atoms with Gasteiger partial charge in [-0.15, -0.1) is 0 Å². The van der Waals surface area contributed by atoms with E-state index in [9.17, 15) is 19.1 Å². The first-order valence-corrected chi connectivity index (χ1v) is 10.9. The number of aliphatic hydroxyl groups excluding tert-OH is 1. The van der Waals surface area contributed by atoms with Crippen LogP contribution in [0.2, 0.25) is 0 Å². The van der Waals surface area contributed by atoms with Crippen molar-refractivity contribution in [1.82, 2.24) is 0 Å². The van der Waals surface area contributed by atoms with Crippen LogP contribution in [0.25, 0.3) is 5.76 Å². The van der Waals surface area contributed by atoms with Crippen molar-refractivity contribution in [1.29, 1.82) is 0 Å². The van der Waals surface area contributed by atoms with Crippen molar-refractivity contribution in [2.75, 3.05) is 12.0 Å². The number of benzene rings is 3. The minimum absolute atomic E-state index is 0.122. The van der Waals surface area contributed by atoms with Gasteiger partial charge in [-0.05, 0) is 41.8 Å². The highest BCUT2D eigenvalue weighted by atomic mass is 19.1. The summed E-state index contributed by atoms with van der Waals surface area (Å²) in [5, 5.41) is 11.4. The molecule has 3 aromatic rings. The molecular formula is C28H26FNO4. The van der Waals surface area contributed by atoms with Gasteiger partial charge in [0.2, 0.25) is 0 Å². The number of carbonyl (C=O) groups is 2. The second-order valence-electron chi connectivity index (χ2n) is 9.19. The molecule has 1 aliphatic rings. The van der Waals surface area contributed by atoms with Gasteiger partial charge in [0.05, 0.1) is 18.7 Å². The summed E-state index contributed by atoms with van der Waals surface area (Å²) in [5.41, 5.74) is 1.24. The Bertz CT molecular complexity index is 1290. The molecule has 0 saturated carbocycles. The largest absolute Gasteiger partial charge is 0.507 e. The van der Waals surface area contributed by atoms with E-state index in [-0.39, 0.29) is 22.3 Å². The Morgan fingerprint density at radius 1 is 0.971 bits per heavy atom. The molecule has 1 unspecified atom stereocenters. The molecule has 1 fully saturated rings. The molecule has 1 aliphatic heterocycles. The number of amides is 1. The van der Waals surface area contributed by atoms with Crippen LogP contribution in [0.15, 0.2) is 78.4 Å². The molecule has 6 heteroatoms. The zero-order chi connectivity index (χ0) is 24.6. The number of nitrogens with zero attached hydrogens (tertiary/aromatic N) is 1. The predicted molar refractivity (Wildman–Crippen MR) is 129 cm³/mol. The molecule has 1 heterocycles. The topological polar surface area (TPSA) is 66.8 Å². The summed E-state index contributed by atoms with van der Waals surface area (Å²) < 4.78 is 20.4. The van der Waals surface area contributed by atoms with Crippen LogP contribution in [0, 0.1) is 5.82 Å². The predicted octanol–water partition coefficient (Wildman–Crippen LogP) is 5.76. The van der Waals surface area contributed by atoms with Gasteiger partial charge < -0.3 is 9.84 Å². The normalized spacial score (nSPS) is 17.8. The average Bonchev–Trinajstić information content (AvgIpc) is 3.08. The Morgan fingerprint density at radius 2 is 1.62 bits per heavy atom. The number of rotatable bonds is 4. The number of Topliss-reactive ketones (excluding diaryl/α,β-unsaturated/α-hetero) is 1. The first-order valence-electron chi connectivity index (χ1n) is 10.9. The molecule has 0 spiro atoms. The lowest BCUT2D eigenvalue weighted by atomic mass is 9.84. The van der Waals surface area contributed by atoms with E-state index in [0.717, 1.165) is 5.56 Å². The van der Waals surface area contributed by atoms with E-state index in [0.29, 0.717) is 17.0 Å². The van der Waals surface area contributed by atoms with Gasteiger partial charge in [-0.3, -0.25) is 14.5 Å². The molecule has 1 N–H and O–H groups in total. The lowest BCUT2D eigenvalue weighted by Gasteiger charge is -2.26. The fraction of sp³-hybridized carbons (Fsp3) is 0.214. The Labute approximate surface area is 198 Å². The van der Waals surface area contributed by atoms with Crippen molar-refractivity contribution in [2.45, 2.75) is 32.2 Å². The summed E-state index contributed by atoms with van der Waals surface area (Å²) in [7, 11) is 1.56. The van der Waals surface area contributed by atoms with E-state index in [1.54, 1.807) is 61.7 Å². The molecule has 4 rings (SSSR count). The molecule has 34 heavy (non-hydrogen) atoms. The van der Waals surface area contributed by atoms with E-state index in [2.05, 4.69) is 0 Å². The Hall–Kier alpha value is -3.93. The Balaban J connectivity index is 1.98. The SMILES string of the molecule is COc1ccc(/C(O)=C2\C(=O)C(=O)N(c3ccccc3)C2c2ccccc2F)cc1C(C)(C)C. The van der Waals surface area contributed by atoms with E-state index in [4.69, 9.17) is 4.74 Å². The summed E-state index contributed by atoms with van der Waals surface area (Å²) >= 11 is 0. The van der Waals surface area contributed by atoms with Crippen molar-refractivity contribution >= 4 is 23.1 Å². The highest BCUT2D eigenvalue weighted by Gasteiger charge is 2.47. The lowest BCUT2D eigenvalue weighted by Crippen LogP contribution is -2.29. The fourth-order valence-electron chi connectivity index (χ4n) is 4.28. The van der Waals surface area contributed by atoms with Gasteiger partial charge >= 0.3 is 0 Å². The highest BCUT2D eigenvalue weighted by molar-refractivity contribution is 6.51. The number of hydrogen-bond acceptors (Lipinski definition) is 4. The first kappa shape index (κ1) is 23.2. The van der Waals surface area contributed by atoms with Crippen molar-refractivity contribution in [3.63, 3.8) is 0 Å². The number of carbonyl (C=O) groups excluding carboxylic acids is 2. The molecular weight excluding hydrogens is 433 g/mol. The van der Waals surface area contributed by atoms with Gasteiger partial charge in [-0.2, -0.15) is 0 Å². The maximum Gasteiger partial charge on any atom is 0.300 e. The number of aliphatic hydroxyl groups is 1. The Morgan fingerprint density at radius 3 is 2.24 bits per heavy atom. The second-order valence-corrected chi connectivity index (χ2v) is 9.19. The van der Waals surface area contributed by atoms with Crippen LogP contribution in [-0.4, -0.2) is 23.9 Å². The van der Waals surface area contributed by atoms with Crippen LogP contribution < -0.4 is 9.64 Å². The summed E-state index contributed by atoms with van der Waals surface area (Å²) in [6.07, 6.45) is 0. The third-order valence-corrected chi connectivity index (χ3v) is 5.96. The maximum absolute atomic E-state index is 15.0. The van der Waals surface area contributed by atoms with Crippen molar-refractivity contribution in [2.24, 2.45) is 0 Å². The van der Waals surface area contributed by atoms with Gasteiger partial charge in [0.25, 0.3) is 11.7 Å². The molecule has 0 aromatic heterocycles. The molecule has 1 saturated heterocycles. The van der Waals surface area contributed by atoms with Crippen LogP contribution in [-0.2, 0) is 15.0 Å². The average molecular weight is 460 g/mol. The fourth-order valence-corrected chi connectivity index (χ4v) is 4.28. The Kier molecular flexibility index (Phi) is 6.00. The van der Waals surface area contributed by atoms with Crippen LogP contribution >= 0.6 is 0 Å². The second kappa shape index (κ2) is 8.78. The van der Waals surface area contributed by atoms with Crippen LogP contribution in [0.5, 0.6) is 5.75 Å². The van der Waals surface area contributed by atoms with Gasteiger partial charge in [0.15, 0.2) is 0 Å². The number of methoxy groups -OCH3 is 1. The summed E-state index contributed by atoms with van der Waals surface area (Å²) in [6.45, 7) is 6.01. The van der Waals surface area contributed by atoms with Gasteiger partial charge in [0, 0.05) is 22.4 Å².